The predicted molar refractivity (Wildman–Crippen MR) is 72.9 cm³/mol. The maximum absolute atomic E-state index is 13.2. The summed E-state index contributed by atoms with van der Waals surface area (Å²) in [7, 11) is 0. The Morgan fingerprint density at radius 3 is 2.10 bits per heavy atom. The summed E-state index contributed by atoms with van der Waals surface area (Å²) in [5.74, 6) is 0. The van der Waals surface area contributed by atoms with Gasteiger partial charge in [0.25, 0.3) is 0 Å². The third kappa shape index (κ3) is 2.97. The van der Waals surface area contributed by atoms with E-state index in [9.17, 15) is 13.2 Å². The highest BCUT2D eigenvalue weighted by Gasteiger charge is 2.37. The molecule has 3 rings (SSSR count). The molecule has 3 nitrogen and oxygen atoms in total. The van der Waals surface area contributed by atoms with Crippen molar-refractivity contribution in [2.24, 2.45) is 0 Å². The largest absolute Gasteiger partial charge is 0.436 e. The van der Waals surface area contributed by atoms with Crippen LogP contribution in [0.25, 0.3) is 11.0 Å². The van der Waals surface area contributed by atoms with Crippen molar-refractivity contribution in [2.75, 3.05) is 0 Å². The van der Waals surface area contributed by atoms with Crippen LogP contribution in [0.4, 0.5) is 13.2 Å². The molecular weight excluding hydrogens is 299 g/mol. The Bertz CT molecular complexity index is 775. The smallest absolute Gasteiger partial charge is 0.265 e. The number of benzene rings is 1. The number of pyridine rings is 1. The zero-order chi connectivity index (χ0) is 14.9. The maximum atomic E-state index is 13.2. The third-order valence-electron chi connectivity index (χ3n) is 2.67. The highest BCUT2D eigenvalue weighted by molar-refractivity contribution is 7.99. The van der Waals surface area contributed by atoms with E-state index in [0.29, 0.717) is 10.4 Å². The highest BCUT2D eigenvalue weighted by atomic mass is 32.2. The Morgan fingerprint density at radius 1 is 0.857 bits per heavy atom. The average Bonchev–Trinajstić information content (AvgIpc) is 2.46. The minimum atomic E-state index is -4.55. The minimum Gasteiger partial charge on any atom is -0.265 e. The number of halogens is 3. The molecule has 0 amide bonds. The van der Waals surface area contributed by atoms with Crippen molar-refractivity contribution >= 4 is 22.8 Å². The van der Waals surface area contributed by atoms with E-state index in [1.165, 1.54) is 18.5 Å². The van der Waals surface area contributed by atoms with E-state index in [1.807, 2.05) is 0 Å². The van der Waals surface area contributed by atoms with Gasteiger partial charge in [0, 0.05) is 17.3 Å². The molecule has 0 atom stereocenters. The van der Waals surface area contributed by atoms with E-state index in [1.54, 1.807) is 30.3 Å². The summed E-state index contributed by atoms with van der Waals surface area (Å²) >= 11 is 0.922. The molecule has 0 N–H and O–H groups in total. The first kappa shape index (κ1) is 13.8. The minimum absolute atomic E-state index is 0.160. The molecule has 21 heavy (non-hydrogen) atoms. The fraction of sp³-hybridized carbons (Fsp3) is 0.0714. The van der Waals surface area contributed by atoms with E-state index < -0.39 is 11.9 Å². The SMILES string of the molecule is FC(F)(F)c1nc2ccccc2nc1Sc1ccncc1. The monoisotopic (exact) mass is 307 g/mol. The molecule has 0 saturated carbocycles. The van der Waals surface area contributed by atoms with Crippen LogP contribution in [0.5, 0.6) is 0 Å². The number of fused-ring (bicyclic) bond motifs is 1. The van der Waals surface area contributed by atoms with Gasteiger partial charge in [0.05, 0.1) is 11.0 Å². The zero-order valence-corrected chi connectivity index (χ0v) is 11.3. The molecule has 0 aliphatic rings. The summed E-state index contributed by atoms with van der Waals surface area (Å²) in [6, 6.07) is 9.75. The van der Waals surface area contributed by atoms with Crippen LogP contribution >= 0.6 is 11.8 Å². The van der Waals surface area contributed by atoms with Gasteiger partial charge in [-0.1, -0.05) is 23.9 Å². The summed E-state index contributed by atoms with van der Waals surface area (Å²) < 4.78 is 39.5. The third-order valence-corrected chi connectivity index (χ3v) is 3.66. The van der Waals surface area contributed by atoms with Crippen LogP contribution in [0.3, 0.4) is 0 Å². The van der Waals surface area contributed by atoms with Crippen molar-refractivity contribution in [1.29, 1.82) is 0 Å². The second kappa shape index (κ2) is 5.33. The Balaban J connectivity index is 2.14. The number of alkyl halides is 3. The molecule has 0 bridgehead atoms. The first-order valence-corrected chi connectivity index (χ1v) is 6.77. The first-order chi connectivity index (χ1) is 10.0. The molecule has 0 spiro atoms. The molecule has 0 fully saturated rings. The lowest BCUT2D eigenvalue weighted by atomic mass is 10.3. The quantitative estimate of drug-likeness (QED) is 0.711. The number of rotatable bonds is 2. The molecule has 3 aromatic rings. The molecule has 0 saturated heterocycles. The number of nitrogens with zero attached hydrogens (tertiary/aromatic N) is 3. The Labute approximate surface area is 122 Å². The second-order valence-corrected chi connectivity index (χ2v) is 5.21. The van der Waals surface area contributed by atoms with Gasteiger partial charge in [0.2, 0.25) is 0 Å². The van der Waals surface area contributed by atoms with E-state index in [0.717, 1.165) is 11.8 Å². The van der Waals surface area contributed by atoms with E-state index in [-0.39, 0.29) is 10.5 Å². The lowest BCUT2D eigenvalue weighted by molar-refractivity contribution is -0.143. The molecule has 0 aliphatic carbocycles. The van der Waals surface area contributed by atoms with Crippen LogP contribution in [-0.2, 0) is 6.18 Å². The van der Waals surface area contributed by atoms with Gasteiger partial charge in [-0.05, 0) is 24.3 Å². The number of para-hydroxylation sites is 2. The lowest BCUT2D eigenvalue weighted by Crippen LogP contribution is -2.11. The van der Waals surface area contributed by atoms with Gasteiger partial charge in [0.1, 0.15) is 5.03 Å². The Kier molecular flexibility index (Phi) is 3.50. The summed E-state index contributed by atoms with van der Waals surface area (Å²) in [5.41, 5.74) is -0.311. The molecule has 2 aromatic heterocycles. The number of hydrogen-bond donors (Lipinski definition) is 0. The van der Waals surface area contributed by atoms with Gasteiger partial charge in [-0.15, -0.1) is 0 Å². The zero-order valence-electron chi connectivity index (χ0n) is 10.5. The van der Waals surface area contributed by atoms with Crippen LogP contribution in [-0.4, -0.2) is 15.0 Å². The standard InChI is InChI=1S/C14H8F3N3S/c15-14(16,17)12-13(21-9-5-7-18-8-6-9)20-11-4-2-1-3-10(11)19-12/h1-8H. The van der Waals surface area contributed by atoms with E-state index in [2.05, 4.69) is 15.0 Å². The van der Waals surface area contributed by atoms with Crippen LogP contribution in [0.15, 0.2) is 58.7 Å². The van der Waals surface area contributed by atoms with Crippen molar-refractivity contribution < 1.29 is 13.2 Å². The van der Waals surface area contributed by atoms with E-state index in [4.69, 9.17) is 0 Å². The average molecular weight is 307 g/mol. The van der Waals surface area contributed by atoms with Gasteiger partial charge >= 0.3 is 6.18 Å². The van der Waals surface area contributed by atoms with Crippen molar-refractivity contribution in [3.8, 4) is 0 Å². The van der Waals surface area contributed by atoms with Crippen molar-refractivity contribution in [2.45, 2.75) is 16.1 Å². The normalized spacial score (nSPS) is 11.8. The first-order valence-electron chi connectivity index (χ1n) is 5.96. The fourth-order valence-electron chi connectivity index (χ4n) is 1.76. The van der Waals surface area contributed by atoms with E-state index >= 15 is 0 Å². The van der Waals surface area contributed by atoms with Gasteiger partial charge in [-0.25, -0.2) is 9.97 Å². The predicted octanol–water partition coefficient (Wildman–Crippen LogP) is 4.19. The summed E-state index contributed by atoms with van der Waals surface area (Å²) in [4.78, 5) is 12.3. The summed E-state index contributed by atoms with van der Waals surface area (Å²) in [5, 5.41) is -0.160. The van der Waals surface area contributed by atoms with Gasteiger partial charge in [-0.2, -0.15) is 13.2 Å². The van der Waals surface area contributed by atoms with Crippen LogP contribution < -0.4 is 0 Å². The molecule has 2 heterocycles. The molecular formula is C14H8F3N3S. The maximum Gasteiger partial charge on any atom is 0.436 e. The van der Waals surface area contributed by atoms with Crippen LogP contribution in [0, 0.1) is 0 Å². The molecule has 0 radical (unpaired) electrons. The van der Waals surface area contributed by atoms with Crippen molar-refractivity contribution in [1.82, 2.24) is 15.0 Å². The summed E-state index contributed by atoms with van der Waals surface area (Å²) in [6.45, 7) is 0. The molecule has 106 valence electrons. The highest BCUT2D eigenvalue weighted by Crippen LogP contribution is 2.37. The van der Waals surface area contributed by atoms with Gasteiger partial charge in [0.15, 0.2) is 5.69 Å². The number of aromatic nitrogens is 3. The Hall–Kier alpha value is -2.15. The van der Waals surface area contributed by atoms with Gasteiger partial charge < -0.3 is 0 Å². The van der Waals surface area contributed by atoms with Crippen LogP contribution in [0.2, 0.25) is 0 Å². The van der Waals surface area contributed by atoms with Crippen molar-refractivity contribution in [3.63, 3.8) is 0 Å². The number of hydrogen-bond acceptors (Lipinski definition) is 4. The topological polar surface area (TPSA) is 38.7 Å². The Morgan fingerprint density at radius 2 is 1.48 bits per heavy atom. The molecule has 7 heteroatoms. The second-order valence-electron chi connectivity index (χ2n) is 4.15. The molecule has 0 unspecified atom stereocenters. The summed E-state index contributed by atoms with van der Waals surface area (Å²) in [6.07, 6.45) is -1.51. The van der Waals surface area contributed by atoms with Crippen LogP contribution in [0.1, 0.15) is 5.69 Å². The lowest BCUT2D eigenvalue weighted by Gasteiger charge is -2.11. The van der Waals surface area contributed by atoms with Crippen molar-refractivity contribution in [3.05, 3.63) is 54.5 Å². The molecule has 1 aromatic carbocycles. The fourth-order valence-corrected chi connectivity index (χ4v) is 2.64. The molecule has 0 aliphatic heterocycles. The van der Waals surface area contributed by atoms with Gasteiger partial charge in [-0.3, -0.25) is 4.98 Å².